The molecule has 1 N–H and O–H groups in total. The van der Waals surface area contributed by atoms with Crippen LogP contribution in [-0.2, 0) is 0 Å². The molecule has 4 nitrogen and oxygen atoms in total. The van der Waals surface area contributed by atoms with Crippen LogP contribution in [0.1, 0.15) is 25.3 Å². The molecule has 0 fully saturated rings. The molecule has 0 saturated heterocycles. The quantitative estimate of drug-likeness (QED) is 0.895. The van der Waals surface area contributed by atoms with Gasteiger partial charge in [0.05, 0.1) is 0 Å². The molecule has 6 heteroatoms. The average Bonchev–Trinajstić information content (AvgIpc) is 2.76. The van der Waals surface area contributed by atoms with Crippen LogP contribution in [0, 0.1) is 11.6 Å². The van der Waals surface area contributed by atoms with Crippen molar-refractivity contribution in [3.8, 4) is 11.5 Å². The molecule has 0 amide bonds. The molecule has 0 aliphatic rings. The van der Waals surface area contributed by atoms with E-state index in [1.807, 2.05) is 0 Å². The van der Waals surface area contributed by atoms with Crippen molar-refractivity contribution in [3.63, 3.8) is 0 Å². The minimum absolute atomic E-state index is 0.0223. The standard InChI is InChI=1S/C11H10F2N2O2/c1-2-9(16)10-14-11(17-15-10)6-3-7(12)5-8(13)4-6/h3-5,9,16H,2H2,1H3. The van der Waals surface area contributed by atoms with Crippen molar-refractivity contribution in [2.45, 2.75) is 19.4 Å². The largest absolute Gasteiger partial charge is 0.385 e. The Morgan fingerprint density at radius 2 is 1.94 bits per heavy atom. The molecule has 1 aromatic carbocycles. The Morgan fingerprint density at radius 3 is 2.53 bits per heavy atom. The maximum atomic E-state index is 13.0. The van der Waals surface area contributed by atoms with Gasteiger partial charge in [0.1, 0.15) is 17.7 Å². The number of aromatic nitrogens is 2. The Morgan fingerprint density at radius 1 is 1.29 bits per heavy atom. The van der Waals surface area contributed by atoms with Gasteiger partial charge in [-0.05, 0) is 18.6 Å². The topological polar surface area (TPSA) is 59.2 Å². The molecule has 1 atom stereocenters. The third-order valence-corrected chi connectivity index (χ3v) is 2.24. The Hall–Kier alpha value is -1.82. The van der Waals surface area contributed by atoms with Gasteiger partial charge >= 0.3 is 0 Å². The first kappa shape index (κ1) is 11.7. The van der Waals surface area contributed by atoms with E-state index in [0.29, 0.717) is 6.42 Å². The smallest absolute Gasteiger partial charge is 0.258 e. The van der Waals surface area contributed by atoms with Gasteiger partial charge in [-0.1, -0.05) is 12.1 Å². The second-order valence-electron chi connectivity index (χ2n) is 3.54. The minimum Gasteiger partial charge on any atom is -0.385 e. The molecule has 1 unspecified atom stereocenters. The summed E-state index contributed by atoms with van der Waals surface area (Å²) in [4.78, 5) is 3.87. The second-order valence-corrected chi connectivity index (χ2v) is 3.54. The molecule has 0 bridgehead atoms. The van der Waals surface area contributed by atoms with E-state index in [4.69, 9.17) is 4.52 Å². The fourth-order valence-corrected chi connectivity index (χ4v) is 1.35. The summed E-state index contributed by atoms with van der Waals surface area (Å²) in [6.45, 7) is 1.75. The van der Waals surface area contributed by atoms with E-state index in [9.17, 15) is 13.9 Å². The van der Waals surface area contributed by atoms with Gasteiger partial charge < -0.3 is 9.63 Å². The molecule has 0 saturated carbocycles. The Kier molecular flexibility index (Phi) is 3.14. The molecule has 17 heavy (non-hydrogen) atoms. The van der Waals surface area contributed by atoms with Crippen molar-refractivity contribution in [2.24, 2.45) is 0 Å². The lowest BCUT2D eigenvalue weighted by Crippen LogP contribution is -1.97. The number of hydrogen-bond acceptors (Lipinski definition) is 4. The third-order valence-electron chi connectivity index (χ3n) is 2.24. The molecule has 0 radical (unpaired) electrons. The predicted molar refractivity (Wildman–Crippen MR) is 54.9 cm³/mol. The van der Waals surface area contributed by atoms with Crippen LogP contribution in [0.3, 0.4) is 0 Å². The van der Waals surface area contributed by atoms with E-state index in [1.165, 1.54) is 0 Å². The molecule has 1 heterocycles. The highest BCUT2D eigenvalue weighted by Gasteiger charge is 2.15. The van der Waals surface area contributed by atoms with Crippen LogP contribution >= 0.6 is 0 Å². The van der Waals surface area contributed by atoms with Crippen molar-refractivity contribution in [1.29, 1.82) is 0 Å². The van der Waals surface area contributed by atoms with E-state index in [2.05, 4.69) is 10.1 Å². The van der Waals surface area contributed by atoms with Crippen LogP contribution in [-0.4, -0.2) is 15.2 Å². The SMILES string of the molecule is CCC(O)c1noc(-c2cc(F)cc(F)c2)n1. The summed E-state index contributed by atoms with van der Waals surface area (Å²) in [5.74, 6) is -1.37. The first-order valence-corrected chi connectivity index (χ1v) is 5.08. The zero-order valence-electron chi connectivity index (χ0n) is 9.02. The van der Waals surface area contributed by atoms with E-state index < -0.39 is 17.7 Å². The molecule has 0 aliphatic heterocycles. The first-order chi connectivity index (χ1) is 8.10. The van der Waals surface area contributed by atoms with Crippen molar-refractivity contribution in [2.75, 3.05) is 0 Å². The van der Waals surface area contributed by atoms with Crippen LogP contribution in [0.2, 0.25) is 0 Å². The normalized spacial score (nSPS) is 12.7. The highest BCUT2D eigenvalue weighted by atomic mass is 19.1. The second kappa shape index (κ2) is 4.58. The number of aliphatic hydroxyl groups is 1. The number of benzene rings is 1. The zero-order valence-corrected chi connectivity index (χ0v) is 9.02. The number of hydrogen-bond donors (Lipinski definition) is 1. The Labute approximate surface area is 95.9 Å². The average molecular weight is 240 g/mol. The van der Waals surface area contributed by atoms with Crippen LogP contribution in [0.4, 0.5) is 8.78 Å². The lowest BCUT2D eigenvalue weighted by atomic mass is 10.2. The Bertz CT molecular complexity index is 508. The predicted octanol–water partition coefficient (Wildman–Crippen LogP) is 2.46. The van der Waals surface area contributed by atoms with Crippen LogP contribution in [0.25, 0.3) is 11.5 Å². The summed E-state index contributed by atoms with van der Waals surface area (Å²) in [5.41, 5.74) is 0.143. The highest BCUT2D eigenvalue weighted by Crippen LogP contribution is 2.22. The van der Waals surface area contributed by atoms with Crippen molar-refractivity contribution in [3.05, 3.63) is 35.7 Å². The molecule has 0 aliphatic carbocycles. The summed E-state index contributed by atoms with van der Waals surface area (Å²) in [5, 5.41) is 13.0. The number of aliphatic hydroxyl groups excluding tert-OH is 1. The van der Waals surface area contributed by atoms with Crippen LogP contribution < -0.4 is 0 Å². The van der Waals surface area contributed by atoms with Gasteiger partial charge in [0.2, 0.25) is 5.82 Å². The summed E-state index contributed by atoms with van der Waals surface area (Å²) in [6, 6.07) is 2.92. The maximum absolute atomic E-state index is 13.0. The van der Waals surface area contributed by atoms with Gasteiger partial charge in [-0.2, -0.15) is 4.98 Å². The van der Waals surface area contributed by atoms with E-state index in [1.54, 1.807) is 6.92 Å². The van der Waals surface area contributed by atoms with Gasteiger partial charge in [-0.25, -0.2) is 8.78 Å². The summed E-state index contributed by atoms with van der Waals surface area (Å²) >= 11 is 0. The fraction of sp³-hybridized carbons (Fsp3) is 0.273. The summed E-state index contributed by atoms with van der Waals surface area (Å²) < 4.78 is 30.8. The molecule has 0 spiro atoms. The van der Waals surface area contributed by atoms with E-state index in [0.717, 1.165) is 18.2 Å². The number of rotatable bonds is 3. The number of nitrogens with zero attached hydrogens (tertiary/aromatic N) is 2. The van der Waals surface area contributed by atoms with E-state index >= 15 is 0 Å². The van der Waals surface area contributed by atoms with Crippen LogP contribution in [0.5, 0.6) is 0 Å². The molecule has 1 aromatic heterocycles. The lowest BCUT2D eigenvalue weighted by Gasteiger charge is -1.98. The van der Waals surface area contributed by atoms with Crippen LogP contribution in [0.15, 0.2) is 22.7 Å². The highest BCUT2D eigenvalue weighted by molar-refractivity contribution is 5.52. The van der Waals surface area contributed by atoms with Gasteiger partial charge in [0.15, 0.2) is 0 Å². The van der Waals surface area contributed by atoms with Crippen molar-refractivity contribution in [1.82, 2.24) is 10.1 Å². The third kappa shape index (κ3) is 2.47. The van der Waals surface area contributed by atoms with Gasteiger partial charge in [-0.15, -0.1) is 0 Å². The van der Waals surface area contributed by atoms with Crippen molar-refractivity contribution < 1.29 is 18.4 Å². The Balaban J connectivity index is 2.36. The summed E-state index contributed by atoms with van der Waals surface area (Å²) in [7, 11) is 0. The molecular formula is C11H10F2N2O2. The zero-order chi connectivity index (χ0) is 12.4. The fourth-order valence-electron chi connectivity index (χ4n) is 1.35. The van der Waals surface area contributed by atoms with E-state index in [-0.39, 0.29) is 17.3 Å². The summed E-state index contributed by atoms with van der Waals surface area (Å²) in [6.07, 6.45) is -0.415. The maximum Gasteiger partial charge on any atom is 0.258 e. The lowest BCUT2D eigenvalue weighted by molar-refractivity contribution is 0.159. The van der Waals surface area contributed by atoms with Crippen molar-refractivity contribution >= 4 is 0 Å². The molecule has 2 aromatic rings. The first-order valence-electron chi connectivity index (χ1n) is 5.08. The van der Waals surface area contributed by atoms with Gasteiger partial charge in [0.25, 0.3) is 5.89 Å². The molecular weight excluding hydrogens is 230 g/mol. The molecule has 90 valence electrons. The minimum atomic E-state index is -0.842. The van der Waals surface area contributed by atoms with Gasteiger partial charge in [-0.3, -0.25) is 0 Å². The number of halogens is 2. The molecule has 2 rings (SSSR count). The van der Waals surface area contributed by atoms with Gasteiger partial charge in [0, 0.05) is 11.6 Å². The monoisotopic (exact) mass is 240 g/mol.